The van der Waals surface area contributed by atoms with E-state index in [-0.39, 0.29) is 121 Å². The molecule has 0 aromatic rings. The topological polar surface area (TPSA) is 401 Å². The Bertz CT molecular complexity index is 350. The summed E-state index contributed by atoms with van der Waals surface area (Å²) < 4.78 is 43.0. The third-order valence-corrected chi connectivity index (χ3v) is 0. The van der Waals surface area contributed by atoms with Gasteiger partial charge >= 0.3 is 123 Å². The van der Waals surface area contributed by atoms with E-state index in [0.717, 1.165) is 0 Å². The van der Waals surface area contributed by atoms with Gasteiger partial charge in [0.1, 0.15) is 0 Å². The largest absolute Gasteiger partial charge is 1.00 e. The molecule has 23 heavy (non-hydrogen) atoms. The van der Waals surface area contributed by atoms with Gasteiger partial charge in [0.2, 0.25) is 0 Å². The Morgan fingerprint density at radius 1 is 0.783 bits per heavy atom. The summed E-state index contributed by atoms with van der Waals surface area (Å²) >= 11 is 0. The van der Waals surface area contributed by atoms with Gasteiger partial charge in [0.25, 0.3) is 0 Å². The van der Waals surface area contributed by atoms with Gasteiger partial charge in [-0.25, -0.2) is 14.2 Å². The molecule has 0 aliphatic rings. The predicted molar refractivity (Wildman–Crippen MR) is 67.3 cm³/mol. The molecule has 20 N–H and O–H groups in total. The first-order valence-electron chi connectivity index (χ1n) is 3.01. The quantitative estimate of drug-likeness (QED) is 0.0719. The molecular weight excluding hydrogens is 423 g/mol. The minimum Gasteiger partial charge on any atom is -0.759 e. The van der Waals surface area contributed by atoms with Crippen LogP contribution in [0.15, 0.2) is 0 Å². The molecule has 0 atom stereocenters. The fourth-order valence-electron chi connectivity index (χ4n) is 0. The zero-order chi connectivity index (χ0) is 16.2. The molecule has 4 amide bonds. The summed E-state index contributed by atoms with van der Waals surface area (Å²) in [5.74, 6) is 0. The maximum absolute atomic E-state index is 9.00. The monoisotopic (exact) mass is 443 g/mol. The molecule has 0 aromatic carbocycles. The van der Waals surface area contributed by atoms with Crippen LogP contribution in [-0.4, -0.2) is 44.3 Å². The van der Waals surface area contributed by atoms with Gasteiger partial charge in [0.05, 0.1) is 0 Å². The molecule has 136 valence electrons. The minimum atomic E-state index is -5.17. The molecule has 0 bridgehead atoms. The number of primary amides is 4. The Balaban J connectivity index is -0.0000000152. The summed E-state index contributed by atoms with van der Waals surface area (Å²) in [7, 11) is -9.81. The van der Waals surface area contributed by atoms with E-state index in [9.17, 15) is 0 Å². The zero-order valence-electron chi connectivity index (χ0n) is 12.5. The first-order chi connectivity index (χ1) is 7.46. The van der Waals surface area contributed by atoms with E-state index < -0.39 is 30.3 Å². The van der Waals surface area contributed by atoms with Crippen LogP contribution in [0.4, 0.5) is 9.59 Å². The third kappa shape index (κ3) is 3970. The van der Waals surface area contributed by atoms with E-state index >= 15 is 0 Å². The third-order valence-electron chi connectivity index (χ3n) is 0. The Hall–Kier alpha value is 1.67. The number of hydrogen-bond acceptors (Lipinski definition) is 10. The molecule has 17 nitrogen and oxygen atoms in total. The van der Waals surface area contributed by atoms with Crippen molar-refractivity contribution in [3.63, 3.8) is 0 Å². The zero-order valence-corrected chi connectivity index (χ0v) is 20.4. The van der Waals surface area contributed by atoms with Gasteiger partial charge in [-0.15, -0.1) is 0 Å². The molecule has 0 fully saturated rings. The van der Waals surface area contributed by atoms with E-state index in [1.165, 1.54) is 0 Å². The van der Waals surface area contributed by atoms with E-state index in [1.807, 2.05) is 0 Å². The molecule has 0 aliphatic heterocycles. The number of phosphoric acid groups is 1. The summed E-state index contributed by atoms with van der Waals surface area (Å²) in [5, 5.41) is 0. The Morgan fingerprint density at radius 3 is 0.783 bits per heavy atom. The van der Waals surface area contributed by atoms with Crippen LogP contribution in [0, 0.1) is 0 Å². The number of rotatable bonds is 0. The molecule has 21 heteroatoms. The van der Waals surface area contributed by atoms with Crippen molar-refractivity contribution < 1.29 is 149 Å². The van der Waals surface area contributed by atoms with Gasteiger partial charge in [-0.3, -0.25) is 8.42 Å². The standard InChI is InChI=1S/2CH4N2O.2K.3H3N.H3O4P.H2O4S/c2*2-1(3)4;;;;;;2*1-5(2,3)4/h2*(H4,2,3,4);;;3*1H3;(H3,1,2,3,4);(H2,1,2,3,4)/q;;2*+1;;;;;/p-2. The Morgan fingerprint density at radius 2 is 0.783 bits per heavy atom. The summed E-state index contributed by atoms with van der Waals surface area (Å²) in [5.41, 5.74) is 17.0. The van der Waals surface area contributed by atoms with Gasteiger partial charge in [-0.05, 0) is 0 Å². The van der Waals surface area contributed by atoms with Crippen molar-refractivity contribution in [2.75, 3.05) is 0 Å². The molecule has 0 rings (SSSR count). The number of urea groups is 2. The summed E-state index contributed by atoms with van der Waals surface area (Å²) in [6, 6.07) is -1.67. The smallest absolute Gasteiger partial charge is 0.759 e. The van der Waals surface area contributed by atoms with E-state index in [0.29, 0.717) is 0 Å². The Kier molecular flexibility index (Phi) is 77.0. The van der Waals surface area contributed by atoms with Crippen LogP contribution in [-0.2, 0) is 15.0 Å². The van der Waals surface area contributed by atoms with Crippen molar-refractivity contribution in [2.45, 2.75) is 0 Å². The van der Waals surface area contributed by atoms with Crippen LogP contribution >= 0.6 is 7.82 Å². The molecule has 0 spiro atoms. The molecule has 0 aromatic heterocycles. The van der Waals surface area contributed by atoms with Crippen LogP contribution < -0.4 is 144 Å². The van der Waals surface area contributed by atoms with Crippen LogP contribution in [0.2, 0.25) is 0 Å². The SMILES string of the molecule is N.N.N.NC(N)=O.NC(N)=O.O=P(O)(O)O.O=S(=O)([O-])[O-].[K+].[K+]. The number of amides is 4. The fraction of sp³-hybridized carbons (Fsp3) is 0. The second kappa shape index (κ2) is 31.4. The summed E-state index contributed by atoms with van der Waals surface area (Å²) in [4.78, 5) is 39.6. The molecular formula is C2H20K2N7O10PS. The first kappa shape index (κ1) is 56.3. The second-order valence-electron chi connectivity index (χ2n) is 1.73. The van der Waals surface area contributed by atoms with Crippen molar-refractivity contribution in [3.8, 4) is 0 Å². The van der Waals surface area contributed by atoms with Gasteiger partial charge in [0.15, 0.2) is 0 Å². The number of carbonyl (C=O) groups is 2. The molecule has 0 saturated carbocycles. The predicted octanol–water partition coefficient (Wildman–Crippen LogP) is -9.72. The summed E-state index contributed by atoms with van der Waals surface area (Å²) in [6.45, 7) is 0. The maximum Gasteiger partial charge on any atom is 1.00 e. The van der Waals surface area contributed by atoms with Crippen molar-refractivity contribution in [1.29, 1.82) is 0 Å². The van der Waals surface area contributed by atoms with Crippen LogP contribution in [0.3, 0.4) is 0 Å². The Labute approximate surface area is 217 Å². The molecule has 0 radical (unpaired) electrons. The molecule has 0 aliphatic carbocycles. The summed E-state index contributed by atoms with van der Waals surface area (Å²) in [6.07, 6.45) is 0. The van der Waals surface area contributed by atoms with Crippen molar-refractivity contribution in [2.24, 2.45) is 22.9 Å². The van der Waals surface area contributed by atoms with Gasteiger partial charge in [0, 0.05) is 10.4 Å². The maximum atomic E-state index is 9.00. The normalized spacial score (nSPS) is 7.17. The first-order valence-corrected chi connectivity index (χ1v) is 5.91. The number of nitrogens with two attached hydrogens (primary N) is 4. The van der Waals surface area contributed by atoms with Crippen molar-refractivity contribution in [1.82, 2.24) is 18.5 Å². The van der Waals surface area contributed by atoms with Crippen molar-refractivity contribution >= 4 is 30.3 Å². The van der Waals surface area contributed by atoms with Gasteiger partial charge in [-0.2, -0.15) is 0 Å². The number of hydrogen-bond donors (Lipinski definition) is 10. The van der Waals surface area contributed by atoms with E-state index in [4.69, 9.17) is 46.4 Å². The van der Waals surface area contributed by atoms with Gasteiger partial charge in [-0.1, -0.05) is 0 Å². The average molecular weight is 443 g/mol. The van der Waals surface area contributed by atoms with E-state index in [2.05, 4.69) is 22.9 Å². The number of carbonyl (C=O) groups excluding carboxylic acids is 2. The van der Waals surface area contributed by atoms with Crippen LogP contribution in [0.25, 0.3) is 0 Å². The van der Waals surface area contributed by atoms with Crippen molar-refractivity contribution in [3.05, 3.63) is 0 Å². The van der Waals surface area contributed by atoms with Gasteiger partial charge < -0.3 is 65.2 Å². The molecule has 0 saturated heterocycles. The van der Waals surface area contributed by atoms with E-state index in [1.54, 1.807) is 0 Å². The van der Waals surface area contributed by atoms with Crippen LogP contribution in [0.5, 0.6) is 0 Å². The molecule has 0 unspecified atom stereocenters. The minimum absolute atomic E-state index is 0. The molecule has 0 heterocycles. The average Bonchev–Trinajstić information content (AvgIpc) is 1.70. The fourth-order valence-corrected chi connectivity index (χ4v) is 0. The van der Waals surface area contributed by atoms with Crippen LogP contribution in [0.1, 0.15) is 0 Å². The second-order valence-corrected chi connectivity index (χ2v) is 3.57.